The fraction of sp³-hybridized carbons (Fsp3) is 0.464. The van der Waals surface area contributed by atoms with Gasteiger partial charge in [0.25, 0.3) is 11.8 Å². The summed E-state index contributed by atoms with van der Waals surface area (Å²) >= 11 is 6.11. The van der Waals surface area contributed by atoms with Crippen molar-refractivity contribution >= 4 is 39.3 Å². The molecule has 3 atom stereocenters. The van der Waals surface area contributed by atoms with E-state index >= 15 is 0 Å². The number of aliphatic hydroxyl groups is 1. The molecule has 4 rings (SSSR count). The van der Waals surface area contributed by atoms with Crippen LogP contribution < -0.4 is 15.8 Å². The Labute approximate surface area is 245 Å². The van der Waals surface area contributed by atoms with Crippen molar-refractivity contribution in [3.63, 3.8) is 0 Å². The molecule has 1 unspecified atom stereocenters. The van der Waals surface area contributed by atoms with Crippen LogP contribution in [0.2, 0.25) is 5.02 Å². The first kappa shape index (κ1) is 30.9. The molecular weight excluding hydrogens is 570 g/mol. The third kappa shape index (κ3) is 7.63. The van der Waals surface area contributed by atoms with E-state index in [1.165, 1.54) is 9.80 Å². The molecule has 41 heavy (non-hydrogen) atoms. The number of carbonyl (C=O) groups is 3. The number of sulfonamides is 1. The van der Waals surface area contributed by atoms with Gasteiger partial charge in [-0.25, -0.2) is 8.42 Å². The quantitative estimate of drug-likeness (QED) is 0.276. The number of halogens is 1. The van der Waals surface area contributed by atoms with Crippen molar-refractivity contribution in [3.05, 3.63) is 70.2 Å². The molecule has 2 aromatic rings. The minimum absolute atomic E-state index is 0.141. The zero-order valence-electron chi connectivity index (χ0n) is 22.7. The Hall–Kier alpha value is -3.03. The minimum atomic E-state index is -4.14. The maximum atomic E-state index is 13.9. The number of likely N-dealkylation sites (tertiary alicyclic amines) is 2. The minimum Gasteiger partial charge on any atom is -0.394 e. The van der Waals surface area contributed by atoms with Crippen LogP contribution >= 0.6 is 11.6 Å². The Balaban J connectivity index is 1.54. The highest BCUT2D eigenvalue weighted by atomic mass is 35.5. The van der Waals surface area contributed by atoms with E-state index in [1.807, 2.05) is 0 Å². The summed E-state index contributed by atoms with van der Waals surface area (Å²) in [6.07, 6.45) is 2.04. The lowest BCUT2D eigenvalue weighted by Crippen LogP contribution is -2.60. The third-order valence-electron chi connectivity index (χ3n) is 7.54. The van der Waals surface area contributed by atoms with Gasteiger partial charge in [0, 0.05) is 31.2 Å². The highest BCUT2D eigenvalue weighted by Crippen LogP contribution is 2.23. The number of aliphatic hydroxyl groups excluding tert-OH is 1. The van der Waals surface area contributed by atoms with Crippen LogP contribution in [0.15, 0.2) is 48.5 Å². The summed E-state index contributed by atoms with van der Waals surface area (Å²) in [6, 6.07) is 10.5. The number of rotatable bonds is 11. The van der Waals surface area contributed by atoms with Gasteiger partial charge in [0.2, 0.25) is 15.9 Å². The van der Waals surface area contributed by atoms with Gasteiger partial charge in [-0.05, 0) is 54.5 Å². The molecule has 3 amide bonds. The molecule has 0 saturated carbocycles. The number of carbonyl (C=O) groups excluding carboxylic acids is 3. The van der Waals surface area contributed by atoms with Crippen molar-refractivity contribution in [1.29, 1.82) is 0 Å². The summed E-state index contributed by atoms with van der Waals surface area (Å²) in [5, 5.41) is 13.1. The molecule has 222 valence electrons. The number of nitrogens with two attached hydrogens (primary N) is 1. The van der Waals surface area contributed by atoms with Gasteiger partial charge < -0.3 is 26.0 Å². The second-order valence-corrected chi connectivity index (χ2v) is 12.5. The first-order valence-electron chi connectivity index (χ1n) is 13.6. The molecule has 0 radical (unpaired) electrons. The van der Waals surface area contributed by atoms with Crippen LogP contribution in [0.1, 0.15) is 42.4 Å². The van der Waals surface area contributed by atoms with Crippen LogP contribution in [0, 0.1) is 0 Å². The van der Waals surface area contributed by atoms with Crippen LogP contribution in [0.3, 0.4) is 0 Å². The fourth-order valence-corrected chi connectivity index (χ4v) is 6.90. The normalized spacial score (nSPS) is 19.8. The Kier molecular flexibility index (Phi) is 10.4. The van der Waals surface area contributed by atoms with Crippen LogP contribution in [-0.2, 0) is 43.2 Å². The number of hydrogen-bond acceptors (Lipinski definition) is 7. The Morgan fingerprint density at radius 3 is 2.39 bits per heavy atom. The molecule has 5 N–H and O–H groups in total. The Morgan fingerprint density at radius 1 is 1.00 bits per heavy atom. The molecule has 2 heterocycles. The average Bonchev–Trinajstić information content (AvgIpc) is 3.64. The standard InChI is InChI=1S/C28H36ClN5O6S/c29-22-11-10-20(15-30)21(14-22)16-31-26(36)24-9-5-13-34(24)28(38)25(27(37)33-12-4-8-23(33)17-35)32-41(39,40)18-19-6-2-1-3-7-19/h1-3,6-7,10-11,14,23-25,32,35H,4-5,8-9,12-13,15-18,30H2,(H,31,36)/t23-,24+,25?/m1/s1. The van der Waals surface area contributed by atoms with Gasteiger partial charge in [0.15, 0.2) is 6.04 Å². The van der Waals surface area contributed by atoms with E-state index in [2.05, 4.69) is 10.0 Å². The summed E-state index contributed by atoms with van der Waals surface area (Å²) in [5.74, 6) is -2.38. The van der Waals surface area contributed by atoms with Gasteiger partial charge in [-0.3, -0.25) is 14.4 Å². The number of nitrogens with one attached hydrogen (secondary N) is 2. The van der Waals surface area contributed by atoms with Crippen molar-refractivity contribution in [1.82, 2.24) is 19.8 Å². The predicted molar refractivity (Wildman–Crippen MR) is 154 cm³/mol. The lowest BCUT2D eigenvalue weighted by atomic mass is 10.1. The maximum Gasteiger partial charge on any atom is 0.251 e. The van der Waals surface area contributed by atoms with Gasteiger partial charge in [-0.1, -0.05) is 48.0 Å². The van der Waals surface area contributed by atoms with Gasteiger partial charge in [-0.2, -0.15) is 4.72 Å². The molecule has 2 aliphatic heterocycles. The van der Waals surface area contributed by atoms with Crippen molar-refractivity contribution in [3.8, 4) is 0 Å². The summed E-state index contributed by atoms with van der Waals surface area (Å²) in [6.45, 7) is 0.584. The second-order valence-electron chi connectivity index (χ2n) is 10.3. The van der Waals surface area contributed by atoms with Gasteiger partial charge >= 0.3 is 0 Å². The van der Waals surface area contributed by atoms with Crippen LogP contribution in [0.25, 0.3) is 0 Å². The molecule has 2 saturated heterocycles. The molecule has 0 aromatic heterocycles. The molecule has 2 aromatic carbocycles. The lowest BCUT2D eigenvalue weighted by Gasteiger charge is -2.32. The molecule has 2 fully saturated rings. The SMILES string of the molecule is NCc1ccc(Cl)cc1CNC(=O)[C@@H]1CCCN1C(=O)C(NS(=O)(=O)Cc1ccccc1)C(=O)N1CCC[C@@H]1CO. The summed E-state index contributed by atoms with van der Waals surface area (Å²) in [5.41, 5.74) is 7.86. The van der Waals surface area contributed by atoms with E-state index in [1.54, 1.807) is 48.5 Å². The first-order valence-corrected chi connectivity index (χ1v) is 15.7. The molecule has 2 aliphatic rings. The molecule has 13 heteroatoms. The Bertz CT molecular complexity index is 1360. The lowest BCUT2D eigenvalue weighted by molar-refractivity contribution is -0.147. The van der Waals surface area contributed by atoms with Crippen LogP contribution in [-0.4, -0.2) is 78.9 Å². The number of benzene rings is 2. The third-order valence-corrected chi connectivity index (χ3v) is 9.08. The fourth-order valence-electron chi connectivity index (χ4n) is 5.43. The van der Waals surface area contributed by atoms with Crippen LogP contribution in [0.5, 0.6) is 0 Å². The molecule has 0 spiro atoms. The average molecular weight is 606 g/mol. The van der Waals surface area contributed by atoms with Crippen LogP contribution in [0.4, 0.5) is 0 Å². The van der Waals surface area contributed by atoms with Gasteiger partial charge in [0.05, 0.1) is 18.4 Å². The van der Waals surface area contributed by atoms with Crippen molar-refractivity contribution < 1.29 is 27.9 Å². The first-order chi connectivity index (χ1) is 19.6. The van der Waals surface area contributed by atoms with E-state index < -0.39 is 51.6 Å². The zero-order valence-corrected chi connectivity index (χ0v) is 24.2. The summed E-state index contributed by atoms with van der Waals surface area (Å²) in [7, 11) is -4.14. The summed E-state index contributed by atoms with van der Waals surface area (Å²) < 4.78 is 28.6. The molecular formula is C28H36ClN5O6S. The van der Waals surface area contributed by atoms with Gasteiger partial charge in [0.1, 0.15) is 6.04 Å². The predicted octanol–water partition coefficient (Wildman–Crippen LogP) is 0.877. The van der Waals surface area contributed by atoms with Gasteiger partial charge in [-0.15, -0.1) is 0 Å². The largest absolute Gasteiger partial charge is 0.394 e. The number of hydrogen-bond donors (Lipinski definition) is 4. The Morgan fingerprint density at radius 2 is 1.68 bits per heavy atom. The van der Waals surface area contributed by atoms with E-state index in [9.17, 15) is 27.9 Å². The molecule has 11 nitrogen and oxygen atoms in total. The number of nitrogens with zero attached hydrogens (tertiary/aromatic N) is 2. The summed E-state index contributed by atoms with van der Waals surface area (Å²) in [4.78, 5) is 43.4. The highest BCUT2D eigenvalue weighted by molar-refractivity contribution is 7.88. The molecule has 0 aliphatic carbocycles. The second kappa shape index (κ2) is 13.8. The monoisotopic (exact) mass is 605 g/mol. The van der Waals surface area contributed by atoms with E-state index in [0.29, 0.717) is 42.8 Å². The maximum absolute atomic E-state index is 13.9. The highest BCUT2D eigenvalue weighted by Gasteiger charge is 2.44. The van der Waals surface area contributed by atoms with E-state index in [-0.39, 0.29) is 26.2 Å². The van der Waals surface area contributed by atoms with Crippen molar-refractivity contribution in [2.75, 3.05) is 19.7 Å². The van der Waals surface area contributed by atoms with Crippen molar-refractivity contribution in [2.24, 2.45) is 5.73 Å². The molecule has 0 bridgehead atoms. The van der Waals surface area contributed by atoms with E-state index in [4.69, 9.17) is 17.3 Å². The smallest absolute Gasteiger partial charge is 0.251 e. The van der Waals surface area contributed by atoms with Crippen molar-refractivity contribution in [2.45, 2.75) is 62.7 Å². The number of amides is 3. The topological polar surface area (TPSA) is 162 Å². The van der Waals surface area contributed by atoms with E-state index in [0.717, 1.165) is 11.1 Å². The zero-order chi connectivity index (χ0) is 29.6.